The van der Waals surface area contributed by atoms with Crippen molar-refractivity contribution in [1.82, 2.24) is 5.43 Å². The van der Waals surface area contributed by atoms with Gasteiger partial charge in [-0.25, -0.2) is 5.43 Å². The van der Waals surface area contributed by atoms with Gasteiger partial charge >= 0.3 is 0 Å². The zero-order valence-corrected chi connectivity index (χ0v) is 14.2. The number of amides is 1. The molecule has 8 heteroatoms. The number of nitro groups is 1. The van der Waals surface area contributed by atoms with Gasteiger partial charge in [-0.15, -0.1) is 0 Å². The molecule has 0 aliphatic rings. The van der Waals surface area contributed by atoms with Gasteiger partial charge in [-0.1, -0.05) is 28.1 Å². The van der Waals surface area contributed by atoms with E-state index in [4.69, 9.17) is 0 Å². The summed E-state index contributed by atoms with van der Waals surface area (Å²) in [6, 6.07) is 11.4. The predicted octanol–water partition coefficient (Wildman–Crippen LogP) is 3.88. The molecule has 0 fully saturated rings. The summed E-state index contributed by atoms with van der Waals surface area (Å²) in [6.07, 6.45) is 1.34. The minimum absolute atomic E-state index is 0.0673. The van der Waals surface area contributed by atoms with Crippen LogP contribution in [0, 0.1) is 10.1 Å². The summed E-state index contributed by atoms with van der Waals surface area (Å²) in [5.74, 6) is -0.371. The number of hydrogen-bond donors (Lipinski definition) is 1. The van der Waals surface area contributed by atoms with Crippen molar-refractivity contribution in [2.24, 2.45) is 5.10 Å². The number of carbonyl (C=O) groups is 1. The number of benzene rings is 2. The molecule has 0 atom stereocenters. The van der Waals surface area contributed by atoms with E-state index < -0.39 is 4.92 Å². The number of hydrazone groups is 1. The van der Waals surface area contributed by atoms with Crippen LogP contribution >= 0.6 is 31.9 Å². The molecule has 6 nitrogen and oxygen atoms in total. The molecule has 2 aromatic rings. The third-order valence-electron chi connectivity index (χ3n) is 2.63. The molecule has 0 saturated heterocycles. The summed E-state index contributed by atoms with van der Waals surface area (Å²) >= 11 is 6.38. The van der Waals surface area contributed by atoms with Crippen LogP contribution < -0.4 is 5.43 Å². The van der Waals surface area contributed by atoms with E-state index >= 15 is 0 Å². The first-order chi connectivity index (χ1) is 10.5. The van der Waals surface area contributed by atoms with E-state index in [1.807, 2.05) is 0 Å². The highest BCUT2D eigenvalue weighted by Crippen LogP contribution is 2.24. The lowest BCUT2D eigenvalue weighted by molar-refractivity contribution is -0.385. The zero-order valence-electron chi connectivity index (χ0n) is 11.0. The Hall–Kier alpha value is -2.06. The Morgan fingerprint density at radius 2 is 2.00 bits per heavy atom. The van der Waals surface area contributed by atoms with Gasteiger partial charge in [-0.2, -0.15) is 5.10 Å². The van der Waals surface area contributed by atoms with Gasteiger partial charge in [-0.3, -0.25) is 14.9 Å². The standard InChI is InChI=1S/C14H9Br2N3O3/c15-11-3-1-2-10(7-11)14(20)18-17-8-9-4-5-12(16)13(6-9)19(21)22/h1-8H,(H,18,20)/b17-8+. The zero-order chi connectivity index (χ0) is 16.1. The van der Waals surface area contributed by atoms with Crippen LogP contribution in [0.1, 0.15) is 15.9 Å². The average molecular weight is 427 g/mol. The maximum atomic E-state index is 11.9. The van der Waals surface area contributed by atoms with Crippen molar-refractivity contribution < 1.29 is 9.72 Å². The Morgan fingerprint density at radius 1 is 1.23 bits per heavy atom. The highest BCUT2D eigenvalue weighted by Gasteiger charge is 2.11. The van der Waals surface area contributed by atoms with Gasteiger partial charge in [0.1, 0.15) is 0 Å². The summed E-state index contributed by atoms with van der Waals surface area (Å²) in [5.41, 5.74) is 3.25. The second kappa shape index (κ2) is 7.28. The van der Waals surface area contributed by atoms with Crippen molar-refractivity contribution in [3.63, 3.8) is 0 Å². The van der Waals surface area contributed by atoms with Crippen molar-refractivity contribution in [3.05, 3.63) is 72.7 Å². The normalized spacial score (nSPS) is 10.6. The van der Waals surface area contributed by atoms with E-state index in [2.05, 4.69) is 42.4 Å². The molecule has 0 radical (unpaired) electrons. The van der Waals surface area contributed by atoms with Gasteiger partial charge in [0, 0.05) is 21.7 Å². The number of nitro benzene ring substituents is 1. The van der Waals surface area contributed by atoms with Crippen LogP contribution in [0.5, 0.6) is 0 Å². The summed E-state index contributed by atoms with van der Waals surface area (Å²) in [6.45, 7) is 0. The van der Waals surface area contributed by atoms with Crippen LogP contribution in [0.3, 0.4) is 0 Å². The highest BCUT2D eigenvalue weighted by atomic mass is 79.9. The molecule has 0 saturated carbocycles. The van der Waals surface area contributed by atoms with E-state index in [1.165, 1.54) is 12.3 Å². The third-order valence-corrected chi connectivity index (χ3v) is 3.80. The first kappa shape index (κ1) is 16.3. The molecule has 0 heterocycles. The van der Waals surface area contributed by atoms with Gasteiger partial charge < -0.3 is 0 Å². The molecule has 0 spiro atoms. The predicted molar refractivity (Wildman–Crippen MR) is 90.0 cm³/mol. The summed E-state index contributed by atoms with van der Waals surface area (Å²) in [4.78, 5) is 22.2. The molecule has 112 valence electrons. The second-order valence-corrected chi connectivity index (χ2v) is 5.95. The topological polar surface area (TPSA) is 84.6 Å². The lowest BCUT2D eigenvalue weighted by Gasteiger charge is -2.00. The number of hydrogen-bond acceptors (Lipinski definition) is 4. The fraction of sp³-hybridized carbons (Fsp3) is 0. The Bertz CT molecular complexity index is 763. The van der Waals surface area contributed by atoms with Crippen molar-refractivity contribution in [2.45, 2.75) is 0 Å². The SMILES string of the molecule is O=C(N/N=C/c1ccc(Br)c([N+](=O)[O-])c1)c1cccc(Br)c1. The summed E-state index contributed by atoms with van der Waals surface area (Å²) in [7, 11) is 0. The Labute approximate surface area is 142 Å². The Balaban J connectivity index is 2.08. The molecule has 0 bridgehead atoms. The first-order valence-electron chi connectivity index (χ1n) is 6.00. The van der Waals surface area contributed by atoms with Crippen LogP contribution in [0.25, 0.3) is 0 Å². The number of halogens is 2. The largest absolute Gasteiger partial charge is 0.284 e. The fourth-order valence-electron chi connectivity index (χ4n) is 1.61. The average Bonchev–Trinajstić information content (AvgIpc) is 2.48. The van der Waals surface area contributed by atoms with E-state index in [0.29, 0.717) is 15.6 Å². The summed E-state index contributed by atoms with van der Waals surface area (Å²) in [5, 5.41) is 14.6. The molecule has 0 aromatic heterocycles. The van der Waals surface area contributed by atoms with Gasteiger partial charge in [0.05, 0.1) is 15.6 Å². The first-order valence-corrected chi connectivity index (χ1v) is 7.59. The van der Waals surface area contributed by atoms with Crippen LogP contribution in [0.2, 0.25) is 0 Å². The van der Waals surface area contributed by atoms with Crippen LogP contribution in [0.15, 0.2) is 56.5 Å². The van der Waals surface area contributed by atoms with Crippen LogP contribution in [0.4, 0.5) is 5.69 Å². The minimum Gasteiger partial charge on any atom is -0.267 e. The minimum atomic E-state index is -0.499. The van der Waals surface area contributed by atoms with Gasteiger partial charge in [0.15, 0.2) is 0 Å². The highest BCUT2D eigenvalue weighted by molar-refractivity contribution is 9.10. The van der Waals surface area contributed by atoms with E-state index in [1.54, 1.807) is 36.4 Å². The van der Waals surface area contributed by atoms with E-state index in [0.717, 1.165) is 4.47 Å². The molecule has 0 aliphatic heterocycles. The molecular weight excluding hydrogens is 418 g/mol. The number of nitrogens with one attached hydrogen (secondary N) is 1. The lowest BCUT2D eigenvalue weighted by atomic mass is 10.2. The molecule has 1 amide bonds. The number of carbonyl (C=O) groups excluding carboxylic acids is 1. The van der Waals surface area contributed by atoms with Crippen LogP contribution in [-0.2, 0) is 0 Å². The van der Waals surface area contributed by atoms with Crippen LogP contribution in [-0.4, -0.2) is 17.0 Å². The van der Waals surface area contributed by atoms with Gasteiger partial charge in [0.25, 0.3) is 11.6 Å². The Kier molecular flexibility index (Phi) is 5.40. The maximum absolute atomic E-state index is 11.9. The molecule has 22 heavy (non-hydrogen) atoms. The van der Waals surface area contributed by atoms with Crippen molar-refractivity contribution in [3.8, 4) is 0 Å². The molecule has 2 rings (SSSR count). The van der Waals surface area contributed by atoms with Crippen molar-refractivity contribution in [1.29, 1.82) is 0 Å². The Morgan fingerprint density at radius 3 is 2.68 bits per heavy atom. The quantitative estimate of drug-likeness (QED) is 0.457. The fourth-order valence-corrected chi connectivity index (χ4v) is 2.40. The number of nitrogens with zero attached hydrogens (tertiary/aromatic N) is 2. The summed E-state index contributed by atoms with van der Waals surface area (Å²) < 4.78 is 1.17. The molecular formula is C14H9Br2N3O3. The molecule has 1 N–H and O–H groups in total. The smallest absolute Gasteiger partial charge is 0.267 e. The molecule has 0 unspecified atom stereocenters. The van der Waals surface area contributed by atoms with Gasteiger partial charge in [-0.05, 0) is 40.2 Å². The number of rotatable bonds is 4. The lowest BCUT2D eigenvalue weighted by Crippen LogP contribution is -2.17. The van der Waals surface area contributed by atoms with E-state index in [9.17, 15) is 14.9 Å². The van der Waals surface area contributed by atoms with Crippen molar-refractivity contribution >= 4 is 49.7 Å². The molecule has 0 aliphatic carbocycles. The monoisotopic (exact) mass is 425 g/mol. The van der Waals surface area contributed by atoms with Gasteiger partial charge in [0.2, 0.25) is 0 Å². The molecule has 2 aromatic carbocycles. The van der Waals surface area contributed by atoms with E-state index in [-0.39, 0.29) is 11.6 Å². The van der Waals surface area contributed by atoms with Crippen molar-refractivity contribution in [2.75, 3.05) is 0 Å². The maximum Gasteiger partial charge on any atom is 0.284 e. The third kappa shape index (κ3) is 4.22. The second-order valence-electron chi connectivity index (χ2n) is 4.18.